The van der Waals surface area contributed by atoms with E-state index in [1.807, 2.05) is 0 Å². The van der Waals surface area contributed by atoms with Crippen molar-refractivity contribution in [2.75, 3.05) is 26.0 Å². The highest BCUT2D eigenvalue weighted by atomic mass is 32.2. The third kappa shape index (κ3) is 2.95. The highest BCUT2D eigenvalue weighted by Gasteiger charge is 2.27. The van der Waals surface area contributed by atoms with Crippen molar-refractivity contribution < 1.29 is 17.9 Å². The Morgan fingerprint density at radius 2 is 2.21 bits per heavy atom. The molecule has 1 heterocycles. The molecule has 0 amide bonds. The zero-order chi connectivity index (χ0) is 10.6. The number of rotatable bonds is 4. The number of nitrogens with zero attached hydrogens (tertiary/aromatic N) is 1. The van der Waals surface area contributed by atoms with Crippen molar-refractivity contribution in [1.29, 1.82) is 0 Å². The monoisotopic (exact) mass is 221 g/mol. The van der Waals surface area contributed by atoms with E-state index in [-0.39, 0.29) is 18.1 Å². The Labute approximate surface area is 84.1 Å². The van der Waals surface area contributed by atoms with Crippen LogP contribution in [-0.4, -0.2) is 44.6 Å². The standard InChI is InChI=1S/C8H15NO4S/c1-13-8(10)4-2-5-9-6-3-7-14(9,11)12/h2-7H2,1H3. The van der Waals surface area contributed by atoms with Crippen LogP contribution in [0.2, 0.25) is 0 Å². The van der Waals surface area contributed by atoms with E-state index >= 15 is 0 Å². The maximum absolute atomic E-state index is 11.3. The number of hydrogen-bond acceptors (Lipinski definition) is 4. The van der Waals surface area contributed by atoms with E-state index in [9.17, 15) is 13.2 Å². The van der Waals surface area contributed by atoms with Crippen LogP contribution in [0.15, 0.2) is 0 Å². The molecule has 0 N–H and O–H groups in total. The summed E-state index contributed by atoms with van der Waals surface area (Å²) in [6, 6.07) is 0. The summed E-state index contributed by atoms with van der Waals surface area (Å²) in [7, 11) is -1.68. The van der Waals surface area contributed by atoms with Gasteiger partial charge in [0.1, 0.15) is 0 Å². The van der Waals surface area contributed by atoms with Crippen molar-refractivity contribution >= 4 is 16.0 Å². The van der Waals surface area contributed by atoms with Gasteiger partial charge in [-0.1, -0.05) is 0 Å². The smallest absolute Gasteiger partial charge is 0.305 e. The van der Waals surface area contributed by atoms with Crippen LogP contribution in [-0.2, 0) is 19.6 Å². The number of carbonyl (C=O) groups is 1. The quantitative estimate of drug-likeness (QED) is 0.626. The number of hydrogen-bond donors (Lipinski definition) is 0. The third-order valence-corrected chi connectivity index (χ3v) is 4.18. The van der Waals surface area contributed by atoms with E-state index < -0.39 is 10.0 Å². The fourth-order valence-electron chi connectivity index (χ4n) is 1.44. The number of ether oxygens (including phenoxy) is 1. The lowest BCUT2D eigenvalue weighted by Gasteiger charge is -2.12. The van der Waals surface area contributed by atoms with Crippen LogP contribution >= 0.6 is 0 Å². The van der Waals surface area contributed by atoms with Gasteiger partial charge in [0.2, 0.25) is 10.0 Å². The first-order chi connectivity index (χ1) is 6.56. The Bertz CT molecular complexity index is 298. The van der Waals surface area contributed by atoms with Gasteiger partial charge in [0.15, 0.2) is 0 Å². The van der Waals surface area contributed by atoms with E-state index in [0.29, 0.717) is 25.9 Å². The molecule has 6 heteroatoms. The van der Waals surface area contributed by atoms with E-state index in [1.165, 1.54) is 11.4 Å². The van der Waals surface area contributed by atoms with Gasteiger partial charge in [0, 0.05) is 19.5 Å². The molecule has 0 unspecified atom stereocenters. The number of methoxy groups -OCH3 is 1. The summed E-state index contributed by atoms with van der Waals surface area (Å²) in [6.07, 6.45) is 1.51. The average Bonchev–Trinajstić information content (AvgIpc) is 2.45. The normalized spacial score (nSPS) is 20.9. The van der Waals surface area contributed by atoms with Crippen LogP contribution in [0.25, 0.3) is 0 Å². The number of esters is 1. The van der Waals surface area contributed by atoms with Gasteiger partial charge in [0.25, 0.3) is 0 Å². The lowest BCUT2D eigenvalue weighted by Crippen LogP contribution is -2.27. The van der Waals surface area contributed by atoms with Gasteiger partial charge in [-0.25, -0.2) is 12.7 Å². The minimum absolute atomic E-state index is 0.241. The molecule has 1 rings (SSSR count). The molecule has 0 bridgehead atoms. The summed E-state index contributed by atoms with van der Waals surface area (Å²) in [6.45, 7) is 1.01. The molecule has 0 radical (unpaired) electrons. The van der Waals surface area contributed by atoms with Crippen LogP contribution in [0.3, 0.4) is 0 Å². The van der Waals surface area contributed by atoms with Crippen LogP contribution in [0.5, 0.6) is 0 Å². The zero-order valence-corrected chi connectivity index (χ0v) is 9.05. The van der Waals surface area contributed by atoms with Crippen LogP contribution in [0, 0.1) is 0 Å². The fraction of sp³-hybridized carbons (Fsp3) is 0.875. The molecule has 1 aliphatic heterocycles. The molecule has 5 nitrogen and oxygen atoms in total. The molecule has 82 valence electrons. The lowest BCUT2D eigenvalue weighted by molar-refractivity contribution is -0.140. The van der Waals surface area contributed by atoms with Crippen molar-refractivity contribution in [2.45, 2.75) is 19.3 Å². The van der Waals surface area contributed by atoms with Gasteiger partial charge in [-0.3, -0.25) is 4.79 Å². The van der Waals surface area contributed by atoms with E-state index in [1.54, 1.807) is 0 Å². The predicted octanol–water partition coefficient (Wildman–Crippen LogP) is -0.0249. The van der Waals surface area contributed by atoms with Gasteiger partial charge < -0.3 is 4.74 Å². The van der Waals surface area contributed by atoms with Gasteiger partial charge in [0.05, 0.1) is 12.9 Å². The van der Waals surface area contributed by atoms with Crippen LogP contribution in [0.1, 0.15) is 19.3 Å². The van der Waals surface area contributed by atoms with Gasteiger partial charge in [-0.2, -0.15) is 0 Å². The van der Waals surface area contributed by atoms with Crippen molar-refractivity contribution in [2.24, 2.45) is 0 Å². The highest BCUT2D eigenvalue weighted by molar-refractivity contribution is 7.89. The molecule has 0 aromatic carbocycles. The first-order valence-electron chi connectivity index (χ1n) is 4.61. The Morgan fingerprint density at radius 1 is 1.50 bits per heavy atom. The van der Waals surface area contributed by atoms with Crippen LogP contribution in [0.4, 0.5) is 0 Å². The van der Waals surface area contributed by atoms with E-state index in [2.05, 4.69) is 4.74 Å². The lowest BCUT2D eigenvalue weighted by atomic mass is 10.3. The molecule has 0 aliphatic carbocycles. The maximum Gasteiger partial charge on any atom is 0.305 e. The van der Waals surface area contributed by atoms with Crippen molar-refractivity contribution in [1.82, 2.24) is 4.31 Å². The van der Waals surface area contributed by atoms with Gasteiger partial charge in [-0.15, -0.1) is 0 Å². The second-order valence-corrected chi connectivity index (χ2v) is 5.34. The zero-order valence-electron chi connectivity index (χ0n) is 8.23. The summed E-state index contributed by atoms with van der Waals surface area (Å²) in [5.74, 6) is -0.0489. The molecule has 0 aromatic rings. The topological polar surface area (TPSA) is 63.7 Å². The Morgan fingerprint density at radius 3 is 2.71 bits per heavy atom. The van der Waals surface area contributed by atoms with Gasteiger partial charge in [-0.05, 0) is 12.8 Å². The first-order valence-corrected chi connectivity index (χ1v) is 6.22. The molecule has 0 atom stereocenters. The maximum atomic E-state index is 11.3. The second-order valence-electron chi connectivity index (χ2n) is 3.25. The molecule has 0 saturated carbocycles. The highest BCUT2D eigenvalue weighted by Crippen LogP contribution is 2.13. The number of sulfonamides is 1. The fourth-order valence-corrected chi connectivity index (χ4v) is 3.01. The first kappa shape index (κ1) is 11.5. The molecular formula is C8H15NO4S. The Hall–Kier alpha value is -0.620. The molecule has 0 aromatic heterocycles. The molecule has 0 spiro atoms. The minimum Gasteiger partial charge on any atom is -0.469 e. The Kier molecular flexibility index (Phi) is 3.88. The molecule has 1 aliphatic rings. The summed E-state index contributed by atoms with van der Waals surface area (Å²) in [5, 5.41) is 0. The predicted molar refractivity (Wildman–Crippen MR) is 51.2 cm³/mol. The summed E-state index contributed by atoms with van der Waals surface area (Å²) in [5.41, 5.74) is 0. The minimum atomic E-state index is -3.01. The SMILES string of the molecule is COC(=O)CCCN1CCCS1(=O)=O. The summed E-state index contributed by atoms with van der Waals surface area (Å²) in [4.78, 5) is 10.8. The average molecular weight is 221 g/mol. The van der Waals surface area contributed by atoms with E-state index in [4.69, 9.17) is 0 Å². The van der Waals surface area contributed by atoms with Crippen molar-refractivity contribution in [3.05, 3.63) is 0 Å². The number of carbonyl (C=O) groups excluding carboxylic acids is 1. The van der Waals surface area contributed by atoms with Crippen LogP contribution < -0.4 is 0 Å². The molecule has 14 heavy (non-hydrogen) atoms. The molecule has 1 fully saturated rings. The van der Waals surface area contributed by atoms with Gasteiger partial charge >= 0.3 is 5.97 Å². The second kappa shape index (κ2) is 4.75. The third-order valence-electron chi connectivity index (χ3n) is 2.22. The largest absolute Gasteiger partial charge is 0.469 e. The summed E-state index contributed by atoms with van der Waals surface area (Å²) < 4.78 is 28.5. The Balaban J connectivity index is 2.29. The summed E-state index contributed by atoms with van der Waals surface area (Å²) >= 11 is 0. The molecular weight excluding hydrogens is 206 g/mol. The van der Waals surface area contributed by atoms with E-state index in [0.717, 1.165) is 0 Å². The molecule has 1 saturated heterocycles. The van der Waals surface area contributed by atoms with Crippen molar-refractivity contribution in [3.63, 3.8) is 0 Å². The van der Waals surface area contributed by atoms with Crippen molar-refractivity contribution in [3.8, 4) is 0 Å².